The van der Waals surface area contributed by atoms with E-state index in [-0.39, 0.29) is 6.54 Å². The van der Waals surface area contributed by atoms with Gasteiger partial charge in [0, 0.05) is 0 Å². The molecule has 0 spiro atoms. The van der Waals surface area contributed by atoms with E-state index in [0.717, 1.165) is 10.5 Å². The Balaban J connectivity index is 2.08. The Kier molecular flexibility index (Phi) is 3.47. The number of hydrogen-bond acceptors (Lipinski definition) is 4. The summed E-state index contributed by atoms with van der Waals surface area (Å²) in [6, 6.07) is 14.5. The van der Waals surface area contributed by atoms with Crippen molar-refractivity contribution < 1.29 is 19.1 Å². The predicted octanol–water partition coefficient (Wildman–Crippen LogP) is 2.12. The van der Waals surface area contributed by atoms with E-state index >= 15 is 0 Å². The third-order valence-corrected chi connectivity index (χ3v) is 3.60. The van der Waals surface area contributed by atoms with Crippen LogP contribution in [0.1, 0.15) is 20.7 Å². The lowest BCUT2D eigenvalue weighted by Gasteiger charge is -2.11. The van der Waals surface area contributed by atoms with Crippen molar-refractivity contribution >= 4 is 17.8 Å². The van der Waals surface area contributed by atoms with Crippen LogP contribution in [-0.2, 0) is 9.53 Å². The van der Waals surface area contributed by atoms with Crippen LogP contribution < -0.4 is 0 Å². The van der Waals surface area contributed by atoms with E-state index in [1.807, 2.05) is 30.3 Å². The van der Waals surface area contributed by atoms with E-state index in [2.05, 4.69) is 4.74 Å². The monoisotopic (exact) mass is 295 g/mol. The fraction of sp³-hybridized carbons (Fsp3) is 0.118. The smallest absolute Gasteiger partial charge is 0.325 e. The van der Waals surface area contributed by atoms with Crippen molar-refractivity contribution in [3.63, 3.8) is 0 Å². The third kappa shape index (κ3) is 2.16. The molecule has 5 heteroatoms. The molecule has 22 heavy (non-hydrogen) atoms. The van der Waals surface area contributed by atoms with Gasteiger partial charge in [-0.25, -0.2) is 0 Å². The topological polar surface area (TPSA) is 63.7 Å². The molecule has 1 aliphatic rings. The molecule has 0 unspecified atom stereocenters. The lowest BCUT2D eigenvalue weighted by molar-refractivity contribution is -0.140. The summed E-state index contributed by atoms with van der Waals surface area (Å²) in [7, 11) is 1.22. The van der Waals surface area contributed by atoms with Crippen molar-refractivity contribution in [2.75, 3.05) is 13.7 Å². The SMILES string of the molecule is COC(=O)CN1C(=O)c2cccc(-c3ccccc3)c2C1=O. The number of hydrogen-bond donors (Lipinski definition) is 0. The number of amides is 2. The number of esters is 1. The van der Waals surface area contributed by atoms with Crippen LogP contribution in [0.3, 0.4) is 0 Å². The molecule has 5 nitrogen and oxygen atoms in total. The first-order valence-electron chi connectivity index (χ1n) is 6.75. The maximum absolute atomic E-state index is 12.6. The van der Waals surface area contributed by atoms with Gasteiger partial charge in [-0.1, -0.05) is 42.5 Å². The molecule has 1 heterocycles. The van der Waals surface area contributed by atoms with Gasteiger partial charge in [0.1, 0.15) is 6.54 Å². The number of ether oxygens (including phenoxy) is 1. The first-order chi connectivity index (χ1) is 10.6. The van der Waals surface area contributed by atoms with Crippen LogP contribution in [-0.4, -0.2) is 36.3 Å². The highest BCUT2D eigenvalue weighted by atomic mass is 16.5. The average Bonchev–Trinajstić information content (AvgIpc) is 2.80. The summed E-state index contributed by atoms with van der Waals surface area (Å²) < 4.78 is 4.54. The fourth-order valence-electron chi connectivity index (χ4n) is 2.53. The zero-order chi connectivity index (χ0) is 15.7. The summed E-state index contributed by atoms with van der Waals surface area (Å²) >= 11 is 0. The number of rotatable bonds is 3. The van der Waals surface area contributed by atoms with Crippen LogP contribution in [0.2, 0.25) is 0 Å². The summed E-state index contributed by atoms with van der Waals surface area (Å²) in [6.45, 7) is -0.378. The van der Waals surface area contributed by atoms with Crippen LogP contribution >= 0.6 is 0 Å². The van der Waals surface area contributed by atoms with Crippen molar-refractivity contribution in [1.29, 1.82) is 0 Å². The molecule has 0 saturated carbocycles. The predicted molar refractivity (Wildman–Crippen MR) is 79.3 cm³/mol. The number of benzene rings is 2. The van der Waals surface area contributed by atoms with Crippen LogP contribution in [0.5, 0.6) is 0 Å². The number of carbonyl (C=O) groups excluding carboxylic acids is 3. The van der Waals surface area contributed by atoms with Crippen LogP contribution in [0.25, 0.3) is 11.1 Å². The fourth-order valence-corrected chi connectivity index (χ4v) is 2.53. The third-order valence-electron chi connectivity index (χ3n) is 3.60. The van der Waals surface area contributed by atoms with Crippen LogP contribution in [0.4, 0.5) is 0 Å². The molecule has 2 amide bonds. The Morgan fingerprint density at radius 2 is 1.64 bits per heavy atom. The maximum atomic E-state index is 12.6. The Morgan fingerprint density at radius 3 is 2.32 bits per heavy atom. The quantitative estimate of drug-likeness (QED) is 0.642. The van der Waals surface area contributed by atoms with Gasteiger partial charge in [0.2, 0.25) is 0 Å². The molecule has 0 aliphatic carbocycles. The zero-order valence-corrected chi connectivity index (χ0v) is 11.9. The summed E-state index contributed by atoms with van der Waals surface area (Å²) in [4.78, 5) is 37.2. The van der Waals surface area contributed by atoms with E-state index in [9.17, 15) is 14.4 Å². The molecule has 2 aromatic rings. The molecular weight excluding hydrogens is 282 g/mol. The molecule has 1 aliphatic heterocycles. The largest absolute Gasteiger partial charge is 0.468 e. The molecule has 2 aromatic carbocycles. The van der Waals surface area contributed by atoms with Gasteiger partial charge in [0.15, 0.2) is 0 Å². The van der Waals surface area contributed by atoms with Gasteiger partial charge in [-0.3, -0.25) is 19.3 Å². The number of carbonyl (C=O) groups is 3. The van der Waals surface area contributed by atoms with E-state index in [0.29, 0.717) is 16.7 Å². The molecule has 3 rings (SSSR count). The zero-order valence-electron chi connectivity index (χ0n) is 11.9. The highest BCUT2D eigenvalue weighted by molar-refractivity contribution is 6.24. The van der Waals surface area contributed by atoms with E-state index in [1.54, 1.807) is 18.2 Å². The van der Waals surface area contributed by atoms with Gasteiger partial charge in [-0.05, 0) is 17.2 Å². The first-order valence-corrected chi connectivity index (χ1v) is 6.75. The minimum Gasteiger partial charge on any atom is -0.468 e. The number of fused-ring (bicyclic) bond motifs is 1. The van der Waals surface area contributed by atoms with Gasteiger partial charge in [-0.15, -0.1) is 0 Å². The second-order valence-electron chi connectivity index (χ2n) is 4.87. The minimum atomic E-state index is -0.629. The number of methoxy groups -OCH3 is 1. The highest BCUT2D eigenvalue weighted by Crippen LogP contribution is 2.32. The van der Waals surface area contributed by atoms with E-state index in [1.165, 1.54) is 7.11 Å². The van der Waals surface area contributed by atoms with Crippen molar-refractivity contribution in [2.24, 2.45) is 0 Å². The summed E-state index contributed by atoms with van der Waals surface area (Å²) in [5, 5.41) is 0. The molecular formula is C17H13NO4. The summed E-state index contributed by atoms with van der Waals surface area (Å²) in [5.41, 5.74) is 2.18. The van der Waals surface area contributed by atoms with Gasteiger partial charge >= 0.3 is 5.97 Å². The molecule has 110 valence electrons. The maximum Gasteiger partial charge on any atom is 0.325 e. The lowest BCUT2D eigenvalue weighted by Crippen LogP contribution is -2.35. The van der Waals surface area contributed by atoms with E-state index in [4.69, 9.17) is 0 Å². The van der Waals surface area contributed by atoms with Gasteiger partial charge in [0.25, 0.3) is 11.8 Å². The van der Waals surface area contributed by atoms with E-state index < -0.39 is 17.8 Å². The second-order valence-corrected chi connectivity index (χ2v) is 4.87. The van der Waals surface area contributed by atoms with Crippen molar-refractivity contribution in [3.8, 4) is 11.1 Å². The molecule has 0 radical (unpaired) electrons. The van der Waals surface area contributed by atoms with Crippen LogP contribution in [0.15, 0.2) is 48.5 Å². The molecule has 0 saturated heterocycles. The Hall–Kier alpha value is -2.95. The average molecular weight is 295 g/mol. The van der Waals surface area contributed by atoms with Crippen molar-refractivity contribution in [3.05, 3.63) is 59.7 Å². The highest BCUT2D eigenvalue weighted by Gasteiger charge is 2.38. The second kappa shape index (κ2) is 5.44. The standard InChI is InChI=1S/C17H13NO4/c1-22-14(19)10-18-16(20)13-9-5-8-12(15(13)17(18)21)11-6-3-2-4-7-11/h2-9H,10H2,1H3. The lowest BCUT2D eigenvalue weighted by atomic mass is 9.97. The normalized spacial score (nSPS) is 13.2. The molecule has 0 N–H and O–H groups in total. The van der Waals surface area contributed by atoms with Gasteiger partial charge in [0.05, 0.1) is 18.2 Å². The molecule has 0 atom stereocenters. The minimum absolute atomic E-state index is 0.315. The van der Waals surface area contributed by atoms with Crippen molar-refractivity contribution in [1.82, 2.24) is 4.90 Å². The van der Waals surface area contributed by atoms with Crippen LogP contribution in [0, 0.1) is 0 Å². The summed E-state index contributed by atoms with van der Waals surface area (Å²) in [5.74, 6) is -1.57. The Bertz CT molecular complexity index is 767. The van der Waals surface area contributed by atoms with Gasteiger partial charge < -0.3 is 4.74 Å². The Labute approximate surface area is 127 Å². The molecule has 0 fully saturated rings. The number of imide groups is 1. The van der Waals surface area contributed by atoms with Crippen molar-refractivity contribution in [2.45, 2.75) is 0 Å². The number of nitrogens with zero attached hydrogens (tertiary/aromatic N) is 1. The summed E-state index contributed by atoms with van der Waals surface area (Å²) in [6.07, 6.45) is 0. The van der Waals surface area contributed by atoms with Gasteiger partial charge in [-0.2, -0.15) is 0 Å². The Morgan fingerprint density at radius 1 is 0.955 bits per heavy atom. The molecule has 0 bridgehead atoms. The first kappa shape index (κ1) is 14.0. The molecule has 0 aromatic heterocycles.